The number of hydrogen-bond acceptors (Lipinski definition) is 5. The van der Waals surface area contributed by atoms with Crippen LogP contribution < -0.4 is 5.32 Å². The summed E-state index contributed by atoms with van der Waals surface area (Å²) in [7, 11) is 3.90. The van der Waals surface area contributed by atoms with E-state index < -0.39 is 0 Å². The highest BCUT2D eigenvalue weighted by Crippen LogP contribution is 2.14. The van der Waals surface area contributed by atoms with Crippen LogP contribution in [0.1, 0.15) is 28.8 Å². The summed E-state index contributed by atoms with van der Waals surface area (Å²) in [6.45, 7) is 12.6. The van der Waals surface area contributed by atoms with Crippen LogP contribution in [0.25, 0.3) is 0 Å². The fraction of sp³-hybridized carbons (Fsp3) is 0.545. The van der Waals surface area contributed by atoms with E-state index in [-0.39, 0.29) is 0 Å². The van der Waals surface area contributed by atoms with Crippen molar-refractivity contribution >= 4 is 17.3 Å². The number of nitrogens with zero attached hydrogens (tertiary/aromatic N) is 5. The highest BCUT2D eigenvalue weighted by molar-refractivity contribution is 7.09. The highest BCUT2D eigenvalue weighted by Gasteiger charge is 2.17. The molecule has 29 heavy (non-hydrogen) atoms. The van der Waals surface area contributed by atoms with Crippen molar-refractivity contribution < 1.29 is 0 Å². The Morgan fingerprint density at radius 2 is 1.86 bits per heavy atom. The van der Waals surface area contributed by atoms with Crippen molar-refractivity contribution in [2.75, 3.05) is 46.8 Å². The molecule has 0 amide bonds. The van der Waals surface area contributed by atoms with Crippen LogP contribution in [-0.2, 0) is 19.6 Å². The maximum atomic E-state index is 4.56. The second kappa shape index (κ2) is 10.7. The Kier molecular flexibility index (Phi) is 8.03. The van der Waals surface area contributed by atoms with E-state index in [0.717, 1.165) is 55.9 Å². The van der Waals surface area contributed by atoms with E-state index in [1.54, 1.807) is 11.3 Å². The molecule has 1 aromatic carbocycles. The number of piperazine rings is 1. The van der Waals surface area contributed by atoms with Gasteiger partial charge in [-0.2, -0.15) is 0 Å². The third kappa shape index (κ3) is 6.26. The number of thiazole rings is 1. The van der Waals surface area contributed by atoms with Gasteiger partial charge in [0, 0.05) is 58.7 Å². The van der Waals surface area contributed by atoms with Crippen LogP contribution >= 0.6 is 11.3 Å². The summed E-state index contributed by atoms with van der Waals surface area (Å²) in [5.41, 5.74) is 3.83. The predicted octanol–water partition coefficient (Wildman–Crippen LogP) is 2.80. The Labute approximate surface area is 179 Å². The molecule has 0 atom stereocenters. The quantitative estimate of drug-likeness (QED) is 0.558. The average Bonchev–Trinajstić information content (AvgIpc) is 3.14. The first-order chi connectivity index (χ1) is 14.1. The van der Waals surface area contributed by atoms with Gasteiger partial charge in [0.05, 0.1) is 17.2 Å². The number of guanidine groups is 1. The molecule has 0 bridgehead atoms. The lowest BCUT2D eigenvalue weighted by Crippen LogP contribution is -2.45. The van der Waals surface area contributed by atoms with Gasteiger partial charge < -0.3 is 15.1 Å². The molecule has 2 heterocycles. The van der Waals surface area contributed by atoms with E-state index in [4.69, 9.17) is 0 Å². The topological polar surface area (TPSA) is 47.0 Å². The Bertz CT molecular complexity index is 794. The van der Waals surface area contributed by atoms with E-state index in [2.05, 4.69) is 73.6 Å². The van der Waals surface area contributed by atoms with E-state index in [1.165, 1.54) is 24.2 Å². The van der Waals surface area contributed by atoms with Gasteiger partial charge in [0.25, 0.3) is 0 Å². The Balaban J connectivity index is 1.57. The van der Waals surface area contributed by atoms with Crippen molar-refractivity contribution in [2.45, 2.75) is 33.5 Å². The minimum absolute atomic E-state index is 0.757. The summed E-state index contributed by atoms with van der Waals surface area (Å²) in [5.74, 6) is 0.891. The summed E-state index contributed by atoms with van der Waals surface area (Å²) >= 11 is 1.69. The van der Waals surface area contributed by atoms with Gasteiger partial charge in [0.1, 0.15) is 0 Å². The van der Waals surface area contributed by atoms with Crippen LogP contribution in [0.2, 0.25) is 0 Å². The first-order valence-corrected chi connectivity index (χ1v) is 11.3. The van der Waals surface area contributed by atoms with Gasteiger partial charge in [-0.25, -0.2) is 4.98 Å². The van der Waals surface area contributed by atoms with Gasteiger partial charge in [0.15, 0.2) is 5.96 Å². The number of aliphatic imine (C=N–C) groups is 1. The van der Waals surface area contributed by atoms with Crippen molar-refractivity contribution in [3.63, 3.8) is 0 Å². The van der Waals surface area contributed by atoms with E-state index in [9.17, 15) is 0 Å². The number of aromatic nitrogens is 1. The molecule has 0 radical (unpaired) electrons. The molecule has 1 aliphatic rings. The van der Waals surface area contributed by atoms with E-state index >= 15 is 0 Å². The molecule has 158 valence electrons. The molecule has 1 N–H and O–H groups in total. The van der Waals surface area contributed by atoms with Crippen LogP contribution in [-0.4, -0.2) is 72.5 Å². The lowest BCUT2D eigenvalue weighted by Gasteiger charge is -2.34. The molecular weight excluding hydrogens is 380 g/mol. The number of hydrogen-bond donors (Lipinski definition) is 1. The minimum atomic E-state index is 0.757. The van der Waals surface area contributed by atoms with Crippen LogP contribution in [0.15, 0.2) is 34.6 Å². The zero-order valence-corrected chi connectivity index (χ0v) is 19.0. The normalized spacial score (nSPS) is 16.2. The van der Waals surface area contributed by atoms with Crippen molar-refractivity contribution in [3.05, 3.63) is 51.5 Å². The van der Waals surface area contributed by atoms with Crippen LogP contribution in [0.3, 0.4) is 0 Å². The number of aryl methyl sites for hydroxylation is 1. The van der Waals surface area contributed by atoms with Crippen molar-refractivity contribution in [1.82, 2.24) is 25.0 Å². The number of benzene rings is 1. The fourth-order valence-electron chi connectivity index (χ4n) is 3.75. The van der Waals surface area contributed by atoms with Crippen LogP contribution in [0, 0.1) is 6.92 Å². The second-order valence-electron chi connectivity index (χ2n) is 7.59. The zero-order chi connectivity index (χ0) is 20.6. The molecular formula is C22H34N6S. The van der Waals surface area contributed by atoms with Crippen LogP contribution in [0.5, 0.6) is 0 Å². The highest BCUT2D eigenvalue weighted by atomic mass is 32.1. The molecule has 1 aromatic heterocycles. The third-order valence-corrected chi connectivity index (χ3v) is 6.32. The molecule has 3 rings (SSSR count). The van der Waals surface area contributed by atoms with Crippen molar-refractivity contribution in [3.8, 4) is 0 Å². The number of rotatable bonds is 7. The number of likely N-dealkylation sites (N-methyl/N-ethyl adjacent to an activating group) is 1. The number of nitrogens with one attached hydrogen (secondary N) is 1. The standard InChI is InChI=1S/C22H34N6S/c1-5-27-10-12-28(13-11-27)15-20-9-7-6-8-19(20)14-24-22(23-3)26(4)16-21-17-29-18(2)25-21/h6-9,17H,5,10-16H2,1-4H3,(H,23,24). The summed E-state index contributed by atoms with van der Waals surface area (Å²) in [6.07, 6.45) is 0. The van der Waals surface area contributed by atoms with Gasteiger partial charge in [-0.1, -0.05) is 31.2 Å². The largest absolute Gasteiger partial charge is 0.352 e. The van der Waals surface area contributed by atoms with Gasteiger partial charge in [-0.05, 0) is 24.6 Å². The SMILES string of the molecule is CCN1CCN(Cc2ccccc2CNC(=NC)N(C)Cc2csc(C)n2)CC1. The molecule has 0 spiro atoms. The molecule has 0 saturated carbocycles. The Morgan fingerprint density at radius 3 is 2.48 bits per heavy atom. The maximum absolute atomic E-state index is 4.56. The zero-order valence-electron chi connectivity index (χ0n) is 18.2. The summed E-state index contributed by atoms with van der Waals surface area (Å²) in [4.78, 5) is 16.2. The molecule has 0 aliphatic carbocycles. The smallest absolute Gasteiger partial charge is 0.194 e. The summed E-state index contributed by atoms with van der Waals surface area (Å²) in [5, 5.41) is 6.75. The molecule has 1 aliphatic heterocycles. The average molecular weight is 415 g/mol. The summed E-state index contributed by atoms with van der Waals surface area (Å²) in [6, 6.07) is 8.75. The van der Waals surface area contributed by atoms with Gasteiger partial charge >= 0.3 is 0 Å². The van der Waals surface area contributed by atoms with E-state index in [0.29, 0.717) is 0 Å². The van der Waals surface area contributed by atoms with Crippen molar-refractivity contribution in [2.24, 2.45) is 4.99 Å². The molecule has 7 heteroatoms. The van der Waals surface area contributed by atoms with Crippen molar-refractivity contribution in [1.29, 1.82) is 0 Å². The lowest BCUT2D eigenvalue weighted by atomic mass is 10.1. The van der Waals surface area contributed by atoms with Crippen LogP contribution in [0.4, 0.5) is 0 Å². The monoisotopic (exact) mass is 414 g/mol. The third-order valence-electron chi connectivity index (χ3n) is 5.50. The van der Waals surface area contributed by atoms with Gasteiger partial charge in [0.2, 0.25) is 0 Å². The molecule has 6 nitrogen and oxygen atoms in total. The molecule has 0 unspecified atom stereocenters. The second-order valence-corrected chi connectivity index (χ2v) is 8.66. The fourth-order valence-corrected chi connectivity index (χ4v) is 4.35. The van der Waals surface area contributed by atoms with E-state index in [1.807, 2.05) is 14.0 Å². The molecule has 2 aromatic rings. The Hall–Kier alpha value is -1.96. The van der Waals surface area contributed by atoms with Gasteiger partial charge in [-0.15, -0.1) is 11.3 Å². The van der Waals surface area contributed by atoms with Gasteiger partial charge in [-0.3, -0.25) is 9.89 Å². The molecule has 1 fully saturated rings. The maximum Gasteiger partial charge on any atom is 0.194 e. The molecule has 1 saturated heterocycles. The summed E-state index contributed by atoms with van der Waals surface area (Å²) < 4.78 is 0. The predicted molar refractivity (Wildman–Crippen MR) is 122 cm³/mol. The first-order valence-electron chi connectivity index (χ1n) is 10.4. The minimum Gasteiger partial charge on any atom is -0.352 e. The lowest BCUT2D eigenvalue weighted by molar-refractivity contribution is 0.131. The first kappa shape index (κ1) is 21.7. The Morgan fingerprint density at radius 1 is 1.17 bits per heavy atom.